The van der Waals surface area contributed by atoms with Crippen molar-refractivity contribution in [2.45, 2.75) is 127 Å². The van der Waals surface area contributed by atoms with Crippen LogP contribution in [0.4, 0.5) is 0 Å². The fourth-order valence-electron chi connectivity index (χ4n) is 10.9. The summed E-state index contributed by atoms with van der Waals surface area (Å²) >= 11 is 0. The number of carbonyl (C=O) groups excluding carboxylic acids is 10. The van der Waals surface area contributed by atoms with Gasteiger partial charge in [-0.15, -0.1) is 0 Å². The maximum atomic E-state index is 15.1. The van der Waals surface area contributed by atoms with Crippen molar-refractivity contribution < 1.29 is 67.7 Å². The number of aromatic nitrogens is 2. The number of H-pyrrole nitrogens is 2. The molecule has 1 aliphatic rings. The maximum absolute atomic E-state index is 15.1. The molecule has 1 aliphatic heterocycles. The highest BCUT2D eigenvalue weighted by molar-refractivity contribution is 6.02. The van der Waals surface area contributed by atoms with E-state index in [-0.39, 0.29) is 50.4 Å². The van der Waals surface area contributed by atoms with E-state index >= 15 is 9.59 Å². The summed E-state index contributed by atoms with van der Waals surface area (Å²) in [5.74, 6) is -13.0. The van der Waals surface area contributed by atoms with Crippen LogP contribution < -0.4 is 43.4 Å². The Kier molecular flexibility index (Phi) is 23.1. The van der Waals surface area contributed by atoms with Gasteiger partial charge in [0.2, 0.25) is 59.1 Å². The molecule has 0 bridgehead atoms. The van der Waals surface area contributed by atoms with Crippen LogP contribution in [0.1, 0.15) is 75.6 Å². The Labute approximate surface area is 518 Å². The number of hydrogen-bond acceptors (Lipinski definition) is 12. The van der Waals surface area contributed by atoms with Crippen LogP contribution in [0.3, 0.4) is 0 Å². The van der Waals surface area contributed by atoms with Gasteiger partial charge >= 0.3 is 11.9 Å². The second kappa shape index (κ2) is 31.0. The minimum atomic E-state index is -1.77. The fraction of sp³-hybridized carbons (Fsp3) is 0.375. The SMILES string of the molecule is CC(C)C[C@H](NC(=O)[C@H](Cc1c[nH]c2ccccc12)N1CC(=O)N([C@@H](Cc2c[nH]c3ccccc23)C(=O)N[C@@H](CC(C)C)C(=O)N[C@@H](CC(=O)O)C(=O)N[C@@H](Cc2ccccc2)C(N)=O)CC1=O)C(=O)N[C@@H](CC(=O)O)C(=O)N[C@@H](Cc1ccccc1)C(N)=O. The van der Waals surface area contributed by atoms with E-state index in [1.165, 1.54) is 0 Å². The van der Waals surface area contributed by atoms with Crippen LogP contribution >= 0.6 is 0 Å². The zero-order chi connectivity index (χ0) is 65.3. The number of aromatic amines is 2. The molecule has 3 heterocycles. The van der Waals surface area contributed by atoms with E-state index in [0.717, 1.165) is 9.80 Å². The maximum Gasteiger partial charge on any atom is 0.305 e. The number of carbonyl (C=O) groups is 12. The summed E-state index contributed by atoms with van der Waals surface area (Å²) in [6.45, 7) is 5.39. The van der Waals surface area contributed by atoms with Gasteiger partial charge in [0.25, 0.3) is 0 Å². The molecule has 8 atom stereocenters. The van der Waals surface area contributed by atoms with Gasteiger partial charge in [-0.1, -0.05) is 125 Å². The minimum absolute atomic E-state index is 0.0513. The molecule has 0 spiro atoms. The molecule has 90 heavy (non-hydrogen) atoms. The molecule has 0 saturated carbocycles. The van der Waals surface area contributed by atoms with Crippen LogP contribution in [-0.4, -0.2) is 162 Å². The first-order valence-corrected chi connectivity index (χ1v) is 29.5. The monoisotopic (exact) mass is 1240 g/mol. The first-order valence-electron chi connectivity index (χ1n) is 29.5. The van der Waals surface area contributed by atoms with Crippen molar-refractivity contribution in [3.8, 4) is 0 Å². The third kappa shape index (κ3) is 18.3. The molecule has 0 radical (unpaired) electrons. The molecule has 1 saturated heterocycles. The summed E-state index contributed by atoms with van der Waals surface area (Å²) in [5, 5.41) is 36.3. The zero-order valence-corrected chi connectivity index (χ0v) is 50.2. The van der Waals surface area contributed by atoms with E-state index in [1.807, 2.05) is 0 Å². The van der Waals surface area contributed by atoms with Crippen LogP contribution in [0.25, 0.3) is 21.8 Å². The molecule has 4 aromatic carbocycles. The fourth-order valence-corrected chi connectivity index (χ4v) is 10.9. The summed E-state index contributed by atoms with van der Waals surface area (Å²) in [7, 11) is 0. The predicted molar refractivity (Wildman–Crippen MR) is 329 cm³/mol. The van der Waals surface area contributed by atoms with Crippen molar-refractivity contribution in [3.63, 3.8) is 0 Å². The van der Waals surface area contributed by atoms with Crippen molar-refractivity contribution >= 4 is 92.8 Å². The smallest absolute Gasteiger partial charge is 0.305 e. The highest BCUT2D eigenvalue weighted by atomic mass is 16.4. The zero-order valence-electron chi connectivity index (χ0n) is 50.2. The summed E-state index contributed by atoms with van der Waals surface area (Å²) < 4.78 is 0. The van der Waals surface area contributed by atoms with Gasteiger partial charge < -0.3 is 73.3 Å². The summed E-state index contributed by atoms with van der Waals surface area (Å²) in [5.41, 5.74) is 14.9. The Morgan fingerprint density at radius 1 is 0.433 bits per heavy atom. The van der Waals surface area contributed by atoms with Crippen LogP contribution in [-0.2, 0) is 83.2 Å². The largest absolute Gasteiger partial charge is 0.481 e. The Morgan fingerprint density at radius 2 is 0.744 bits per heavy atom. The lowest BCUT2D eigenvalue weighted by Crippen LogP contribution is -2.66. The Balaban J connectivity index is 1.16. The molecule has 2 aromatic heterocycles. The van der Waals surface area contributed by atoms with Crippen LogP contribution in [0.5, 0.6) is 0 Å². The lowest BCUT2D eigenvalue weighted by molar-refractivity contribution is -0.158. The molecule has 26 nitrogen and oxygen atoms in total. The second-order valence-electron chi connectivity index (χ2n) is 23.2. The quantitative estimate of drug-likeness (QED) is 0.0283. The highest BCUT2D eigenvalue weighted by Gasteiger charge is 2.44. The summed E-state index contributed by atoms with van der Waals surface area (Å²) in [6.07, 6.45) is 0.675. The molecule has 6 aromatic rings. The Bertz CT molecular complexity index is 3370. The highest BCUT2D eigenvalue weighted by Crippen LogP contribution is 2.26. The number of para-hydroxylation sites is 2. The number of carboxylic acids is 2. The molecule has 7 rings (SSSR count). The lowest BCUT2D eigenvalue weighted by Gasteiger charge is -2.41. The van der Waals surface area contributed by atoms with Crippen molar-refractivity contribution in [1.29, 1.82) is 0 Å². The molecule has 10 amide bonds. The Hall–Kier alpha value is -10.4. The topological polar surface area (TPSA) is 408 Å². The van der Waals surface area contributed by atoms with E-state index in [9.17, 15) is 58.2 Å². The number of nitrogens with two attached hydrogens (primary N) is 2. The van der Waals surface area contributed by atoms with Crippen LogP contribution in [0.2, 0.25) is 0 Å². The molecular formula is C64H76N12O14. The third-order valence-corrected chi connectivity index (χ3v) is 15.4. The van der Waals surface area contributed by atoms with Gasteiger partial charge in [-0.25, -0.2) is 0 Å². The van der Waals surface area contributed by atoms with E-state index in [2.05, 4.69) is 41.9 Å². The molecule has 0 unspecified atom stereocenters. The van der Waals surface area contributed by atoms with Crippen molar-refractivity contribution in [2.24, 2.45) is 23.3 Å². The number of benzene rings is 4. The van der Waals surface area contributed by atoms with Gasteiger partial charge in [0.05, 0.1) is 12.8 Å². The van der Waals surface area contributed by atoms with E-state index in [4.69, 9.17) is 11.5 Å². The summed E-state index contributed by atoms with van der Waals surface area (Å²) in [4.78, 5) is 174. The van der Waals surface area contributed by atoms with E-state index < -0.39 is 145 Å². The molecule has 1 fully saturated rings. The molecule has 26 heteroatoms. The number of hydrogen-bond donors (Lipinski definition) is 12. The first-order chi connectivity index (χ1) is 42.8. The van der Waals surface area contributed by atoms with Crippen molar-refractivity contribution in [3.05, 3.63) is 144 Å². The third-order valence-electron chi connectivity index (χ3n) is 15.4. The number of primary amides is 2. The van der Waals surface area contributed by atoms with Gasteiger partial charge in [0, 0.05) is 59.9 Å². The molecule has 476 valence electrons. The lowest BCUT2D eigenvalue weighted by atomic mass is 9.97. The van der Waals surface area contributed by atoms with Crippen LogP contribution in [0, 0.1) is 11.8 Å². The Morgan fingerprint density at radius 3 is 1.08 bits per heavy atom. The molecule has 0 aliphatic carbocycles. The number of fused-ring (bicyclic) bond motifs is 2. The van der Waals surface area contributed by atoms with Gasteiger partial charge in [0.1, 0.15) is 61.4 Å². The number of amides is 10. The standard InChI is InChI=1S/C64H76N12O14/c1-35(2)23-47(59(85)71-49(29-55(79)80)61(87)69-45(57(65)83)25-37-15-7-5-8-16-37)73-63(89)51(27-39-31-67-43-21-13-11-19-41(39)43)75-33-54(78)76(34-53(75)77)52(28-40-32-68-44-22-14-12-20-42(40)44)64(90)74-48(24-36(3)4)60(86)72-50(30-56(81)82)62(88)70-46(58(66)84)26-38-17-9-6-10-18-38/h5-22,31-32,35-36,45-52,67-68H,23-30,33-34H2,1-4H3,(H2,65,83)(H2,66,84)(H,69,87)(H,70,88)(H,71,85)(H,72,86)(H,73,89)(H,74,90)(H,79,80)(H,81,82)/t45-,46-,47-,48-,49-,50-,51-,52-/m0/s1. The first kappa shape index (κ1) is 67.1. The molecule has 14 N–H and O–H groups in total. The van der Waals surface area contributed by atoms with Crippen LogP contribution in [0.15, 0.2) is 122 Å². The van der Waals surface area contributed by atoms with Gasteiger partial charge in [-0.05, 0) is 59.1 Å². The number of nitrogens with zero attached hydrogens (tertiary/aromatic N) is 2. The van der Waals surface area contributed by atoms with E-state index in [0.29, 0.717) is 44.1 Å². The van der Waals surface area contributed by atoms with Gasteiger partial charge in [-0.3, -0.25) is 57.5 Å². The predicted octanol–water partition coefficient (Wildman–Crippen LogP) is 1.25. The van der Waals surface area contributed by atoms with Crippen molar-refractivity contribution in [2.75, 3.05) is 13.1 Å². The normalized spacial score (nSPS) is 15.2. The van der Waals surface area contributed by atoms with E-state index in [1.54, 1.807) is 149 Å². The summed E-state index contributed by atoms with van der Waals surface area (Å²) in [6, 6.07) is 19.1. The molecular weight excluding hydrogens is 1160 g/mol. The number of rotatable bonds is 32. The average Bonchev–Trinajstić information content (AvgIpc) is 1.26. The number of nitrogens with one attached hydrogen (secondary N) is 8. The number of carboxylic acid groups (broad SMARTS) is 2. The number of piperazine rings is 1. The van der Waals surface area contributed by atoms with Gasteiger partial charge in [-0.2, -0.15) is 0 Å². The average molecular weight is 1240 g/mol. The van der Waals surface area contributed by atoms with Crippen molar-refractivity contribution in [1.82, 2.24) is 51.7 Å². The van der Waals surface area contributed by atoms with Gasteiger partial charge in [0.15, 0.2) is 0 Å². The second-order valence-corrected chi connectivity index (χ2v) is 23.2. The number of aliphatic carboxylic acids is 2. The minimum Gasteiger partial charge on any atom is -0.481 e.